The highest BCUT2D eigenvalue weighted by Crippen LogP contribution is 2.20. The zero-order valence-corrected chi connectivity index (χ0v) is 14.6. The molecular weight excluding hydrogens is 342 g/mol. The van der Waals surface area contributed by atoms with E-state index in [9.17, 15) is 9.59 Å². The van der Waals surface area contributed by atoms with E-state index in [1.54, 1.807) is 10.9 Å². The number of aryl methyl sites for hydroxylation is 1. The number of aromatic nitrogens is 2. The number of carbonyl (C=O) groups is 2. The van der Waals surface area contributed by atoms with Gasteiger partial charge in [-0.15, -0.1) is 0 Å². The molecule has 0 spiro atoms. The maximum Gasteiger partial charge on any atom is 0.321 e. The Balaban J connectivity index is 1.70. The molecule has 8 heteroatoms. The third-order valence-electron chi connectivity index (χ3n) is 4.12. The summed E-state index contributed by atoms with van der Waals surface area (Å²) < 4.78 is 1.68. The summed E-state index contributed by atoms with van der Waals surface area (Å²) in [7, 11) is 0. The van der Waals surface area contributed by atoms with Crippen LogP contribution in [0.15, 0.2) is 30.5 Å². The molecule has 0 radical (unpaired) electrons. The molecule has 1 atom stereocenters. The first-order chi connectivity index (χ1) is 12.0. The van der Waals surface area contributed by atoms with Crippen molar-refractivity contribution in [2.45, 2.75) is 32.4 Å². The molecule has 1 fully saturated rings. The van der Waals surface area contributed by atoms with Crippen molar-refractivity contribution < 1.29 is 9.59 Å². The number of hydrogen-bond donors (Lipinski definition) is 3. The first kappa shape index (κ1) is 17.3. The Hall–Kier alpha value is -2.54. The number of rotatable bonds is 4. The lowest BCUT2D eigenvalue weighted by Crippen LogP contribution is -2.51. The molecule has 3 amide bonds. The van der Waals surface area contributed by atoms with Crippen LogP contribution >= 0.6 is 11.6 Å². The maximum atomic E-state index is 12.3. The molecule has 3 rings (SSSR count). The number of hydrogen-bond acceptors (Lipinski definition) is 3. The van der Waals surface area contributed by atoms with Crippen LogP contribution in [0.3, 0.4) is 0 Å². The quantitative estimate of drug-likeness (QED) is 0.780. The van der Waals surface area contributed by atoms with Crippen LogP contribution in [-0.4, -0.2) is 34.3 Å². The molecule has 25 heavy (non-hydrogen) atoms. The van der Waals surface area contributed by atoms with Crippen molar-refractivity contribution in [3.63, 3.8) is 0 Å². The zero-order valence-electron chi connectivity index (χ0n) is 13.9. The van der Waals surface area contributed by atoms with E-state index >= 15 is 0 Å². The molecule has 0 saturated carbocycles. The lowest BCUT2D eigenvalue weighted by molar-refractivity contribution is -0.124. The van der Waals surface area contributed by atoms with Gasteiger partial charge in [0.25, 0.3) is 0 Å². The van der Waals surface area contributed by atoms with Gasteiger partial charge in [-0.3, -0.25) is 10.1 Å². The van der Waals surface area contributed by atoms with Gasteiger partial charge in [0.2, 0.25) is 5.91 Å². The summed E-state index contributed by atoms with van der Waals surface area (Å²) >= 11 is 6.20. The van der Waals surface area contributed by atoms with Gasteiger partial charge in [-0.05, 0) is 31.4 Å². The van der Waals surface area contributed by atoms with E-state index in [0.717, 1.165) is 17.5 Å². The number of carbonyl (C=O) groups excluding carboxylic acids is 2. The fourth-order valence-electron chi connectivity index (χ4n) is 2.76. The zero-order chi connectivity index (χ0) is 17.8. The highest BCUT2D eigenvalue weighted by Gasteiger charge is 2.24. The van der Waals surface area contributed by atoms with E-state index in [1.807, 2.05) is 31.2 Å². The molecule has 1 aliphatic rings. The molecule has 0 aliphatic carbocycles. The Morgan fingerprint density at radius 2 is 2.24 bits per heavy atom. The molecule has 0 bridgehead atoms. The molecule has 132 valence electrons. The van der Waals surface area contributed by atoms with Gasteiger partial charge in [-0.2, -0.15) is 5.10 Å². The van der Waals surface area contributed by atoms with Crippen LogP contribution in [0.2, 0.25) is 5.02 Å². The Morgan fingerprint density at radius 3 is 3.00 bits per heavy atom. The average Bonchev–Trinajstić information content (AvgIpc) is 2.92. The highest BCUT2D eigenvalue weighted by molar-refractivity contribution is 6.31. The second-order valence-electron chi connectivity index (χ2n) is 6.01. The first-order valence-electron chi connectivity index (χ1n) is 8.15. The average molecular weight is 362 g/mol. The predicted octanol–water partition coefficient (Wildman–Crippen LogP) is 2.29. The van der Waals surface area contributed by atoms with Crippen molar-refractivity contribution in [1.82, 2.24) is 20.4 Å². The van der Waals surface area contributed by atoms with Crippen molar-refractivity contribution in [2.24, 2.45) is 0 Å². The number of amides is 3. The highest BCUT2D eigenvalue weighted by atomic mass is 35.5. The van der Waals surface area contributed by atoms with Crippen LogP contribution in [-0.2, 0) is 11.3 Å². The molecule has 2 aromatic rings. The predicted molar refractivity (Wildman–Crippen MR) is 95.7 cm³/mol. The van der Waals surface area contributed by atoms with E-state index in [-0.39, 0.29) is 5.91 Å². The molecule has 1 unspecified atom stereocenters. The van der Waals surface area contributed by atoms with Gasteiger partial charge in [0.05, 0.1) is 12.7 Å². The molecule has 7 nitrogen and oxygen atoms in total. The minimum Gasteiger partial charge on any atom is -0.354 e. The molecule has 1 aromatic carbocycles. The Kier molecular flexibility index (Phi) is 5.23. The van der Waals surface area contributed by atoms with E-state index in [1.165, 1.54) is 0 Å². The van der Waals surface area contributed by atoms with Crippen molar-refractivity contribution >= 4 is 29.4 Å². The third-order valence-corrected chi connectivity index (χ3v) is 4.49. The summed E-state index contributed by atoms with van der Waals surface area (Å²) in [5.74, 6) is 0.427. The number of urea groups is 1. The largest absolute Gasteiger partial charge is 0.354 e. The minimum absolute atomic E-state index is 0.150. The van der Waals surface area contributed by atoms with Crippen LogP contribution in [0, 0.1) is 6.92 Å². The normalized spacial score (nSPS) is 17.0. The second-order valence-corrected chi connectivity index (χ2v) is 6.42. The Labute approximate surface area is 150 Å². The lowest BCUT2D eigenvalue weighted by atomic mass is 10.1. The maximum absolute atomic E-state index is 12.3. The van der Waals surface area contributed by atoms with Crippen LogP contribution in [0.5, 0.6) is 0 Å². The van der Waals surface area contributed by atoms with Crippen LogP contribution in [0.1, 0.15) is 24.0 Å². The first-order valence-corrected chi connectivity index (χ1v) is 8.53. The van der Waals surface area contributed by atoms with Crippen molar-refractivity contribution in [1.29, 1.82) is 0 Å². The standard InChI is InChI=1S/C17H20ClN5O2/c1-11-9-20-23(10-12-5-2-3-6-13(12)18)15(11)22-17(25)21-14-7-4-8-19-16(14)24/h2-3,5-6,9,14H,4,7-8,10H2,1H3,(H,19,24)(H2,21,22,25). The molecule has 1 saturated heterocycles. The number of nitrogens with one attached hydrogen (secondary N) is 3. The number of nitrogens with zero attached hydrogens (tertiary/aromatic N) is 2. The molecular formula is C17H20ClN5O2. The van der Waals surface area contributed by atoms with Crippen molar-refractivity contribution in [2.75, 3.05) is 11.9 Å². The fourth-order valence-corrected chi connectivity index (χ4v) is 2.96. The third kappa shape index (κ3) is 4.11. The SMILES string of the molecule is Cc1cnn(Cc2ccccc2Cl)c1NC(=O)NC1CCCNC1=O. The minimum atomic E-state index is -0.506. The number of benzene rings is 1. The summed E-state index contributed by atoms with van der Waals surface area (Å²) in [6.07, 6.45) is 3.16. The molecule has 1 aromatic heterocycles. The van der Waals surface area contributed by atoms with Gasteiger partial charge in [-0.25, -0.2) is 9.48 Å². The Morgan fingerprint density at radius 1 is 1.44 bits per heavy atom. The fraction of sp³-hybridized carbons (Fsp3) is 0.353. The smallest absolute Gasteiger partial charge is 0.321 e. The summed E-state index contributed by atoms with van der Waals surface area (Å²) in [4.78, 5) is 24.0. The van der Waals surface area contributed by atoms with Crippen LogP contribution < -0.4 is 16.0 Å². The monoisotopic (exact) mass is 361 g/mol. The van der Waals surface area contributed by atoms with Gasteiger partial charge >= 0.3 is 6.03 Å². The van der Waals surface area contributed by atoms with E-state index < -0.39 is 12.1 Å². The molecule has 1 aliphatic heterocycles. The van der Waals surface area contributed by atoms with E-state index in [4.69, 9.17) is 11.6 Å². The van der Waals surface area contributed by atoms with Gasteiger partial charge in [-0.1, -0.05) is 29.8 Å². The van der Waals surface area contributed by atoms with E-state index in [2.05, 4.69) is 21.0 Å². The molecule has 3 N–H and O–H groups in total. The molecule has 2 heterocycles. The summed E-state index contributed by atoms with van der Waals surface area (Å²) in [6, 6.07) is 6.56. The number of piperidine rings is 1. The lowest BCUT2D eigenvalue weighted by Gasteiger charge is -2.23. The number of halogens is 1. The topological polar surface area (TPSA) is 88.1 Å². The second kappa shape index (κ2) is 7.57. The van der Waals surface area contributed by atoms with Crippen LogP contribution in [0.4, 0.5) is 10.6 Å². The van der Waals surface area contributed by atoms with Gasteiger partial charge in [0.1, 0.15) is 11.9 Å². The summed E-state index contributed by atoms with van der Waals surface area (Å²) in [5.41, 5.74) is 1.73. The van der Waals surface area contributed by atoms with Gasteiger partial charge in [0, 0.05) is 17.1 Å². The van der Waals surface area contributed by atoms with Crippen molar-refractivity contribution in [3.05, 3.63) is 46.6 Å². The number of anilines is 1. The van der Waals surface area contributed by atoms with Crippen molar-refractivity contribution in [3.8, 4) is 0 Å². The summed E-state index contributed by atoms with van der Waals surface area (Å²) in [5, 5.41) is 13.2. The van der Waals surface area contributed by atoms with Gasteiger partial charge in [0.15, 0.2) is 0 Å². The van der Waals surface area contributed by atoms with Gasteiger partial charge < -0.3 is 10.6 Å². The Bertz CT molecular complexity index is 789. The van der Waals surface area contributed by atoms with E-state index in [0.29, 0.717) is 30.4 Å². The summed E-state index contributed by atoms with van der Waals surface area (Å²) in [6.45, 7) is 2.95. The van der Waals surface area contributed by atoms with Crippen LogP contribution in [0.25, 0.3) is 0 Å².